The zero-order chi connectivity index (χ0) is 13.7. The molecule has 19 heavy (non-hydrogen) atoms. The molecule has 106 valence electrons. The fraction of sp³-hybridized carbons (Fsp3) is 0.643. The third-order valence-corrected chi connectivity index (χ3v) is 3.53. The van der Waals surface area contributed by atoms with Gasteiger partial charge in [-0.15, -0.1) is 0 Å². The Morgan fingerprint density at radius 3 is 3.16 bits per heavy atom. The van der Waals surface area contributed by atoms with Gasteiger partial charge in [-0.3, -0.25) is 4.90 Å². The summed E-state index contributed by atoms with van der Waals surface area (Å²) in [7, 11) is 0. The van der Waals surface area contributed by atoms with Gasteiger partial charge in [-0.05, 0) is 32.4 Å². The zero-order valence-corrected chi connectivity index (χ0v) is 12.4. The number of anilines is 1. The minimum absolute atomic E-state index is 0.276. The van der Waals surface area contributed by atoms with Gasteiger partial charge in [0.15, 0.2) is 0 Å². The van der Waals surface area contributed by atoms with Crippen LogP contribution < -0.4 is 5.32 Å². The molecule has 4 nitrogen and oxygen atoms in total. The summed E-state index contributed by atoms with van der Waals surface area (Å²) in [6.45, 7) is 8.63. The summed E-state index contributed by atoms with van der Waals surface area (Å²) < 4.78 is 5.66. The monoisotopic (exact) mass is 283 g/mol. The number of pyridine rings is 1. The largest absolute Gasteiger partial charge is 0.377 e. The van der Waals surface area contributed by atoms with E-state index in [1.807, 2.05) is 12.1 Å². The lowest BCUT2D eigenvalue weighted by Gasteiger charge is -2.22. The predicted molar refractivity (Wildman–Crippen MR) is 78.7 cm³/mol. The predicted octanol–water partition coefficient (Wildman–Crippen LogP) is 2.78. The third kappa shape index (κ3) is 4.34. The summed E-state index contributed by atoms with van der Waals surface area (Å²) >= 11 is 6.24. The molecule has 0 bridgehead atoms. The van der Waals surface area contributed by atoms with E-state index in [1.165, 1.54) is 0 Å². The summed E-state index contributed by atoms with van der Waals surface area (Å²) in [4.78, 5) is 6.95. The molecule has 1 atom stereocenters. The maximum atomic E-state index is 6.24. The van der Waals surface area contributed by atoms with Crippen molar-refractivity contribution in [3.63, 3.8) is 0 Å². The molecule has 1 aromatic rings. The smallest absolute Gasteiger partial charge is 0.126 e. The summed E-state index contributed by atoms with van der Waals surface area (Å²) in [6.07, 6.45) is 1.34. The molecule has 0 saturated carbocycles. The summed E-state index contributed by atoms with van der Waals surface area (Å²) in [5.41, 5.74) is 0.939. The van der Waals surface area contributed by atoms with Gasteiger partial charge in [-0.25, -0.2) is 4.98 Å². The number of ether oxygens (including phenoxy) is 1. The van der Waals surface area contributed by atoms with Crippen molar-refractivity contribution in [1.29, 1.82) is 0 Å². The van der Waals surface area contributed by atoms with Crippen molar-refractivity contribution in [2.75, 3.05) is 31.6 Å². The van der Waals surface area contributed by atoms with Crippen LogP contribution in [-0.4, -0.2) is 42.2 Å². The van der Waals surface area contributed by atoms with Gasteiger partial charge in [0.2, 0.25) is 0 Å². The first-order valence-electron chi connectivity index (χ1n) is 6.92. The fourth-order valence-corrected chi connectivity index (χ4v) is 2.48. The molecule has 1 fully saturated rings. The number of hydrogen-bond donors (Lipinski definition) is 1. The molecule has 2 heterocycles. The highest BCUT2D eigenvalue weighted by Crippen LogP contribution is 2.19. The molecule has 0 amide bonds. The van der Waals surface area contributed by atoms with E-state index in [0.29, 0.717) is 0 Å². The van der Waals surface area contributed by atoms with E-state index in [0.717, 1.165) is 55.7 Å². The van der Waals surface area contributed by atoms with Gasteiger partial charge in [0, 0.05) is 32.8 Å². The summed E-state index contributed by atoms with van der Waals surface area (Å²) in [6, 6.07) is 3.84. The molecule has 0 spiro atoms. The van der Waals surface area contributed by atoms with Gasteiger partial charge in [-0.1, -0.05) is 11.6 Å². The van der Waals surface area contributed by atoms with Gasteiger partial charge in [0.05, 0.1) is 16.8 Å². The van der Waals surface area contributed by atoms with Crippen molar-refractivity contribution in [2.45, 2.75) is 32.9 Å². The fourth-order valence-electron chi connectivity index (χ4n) is 2.31. The molecule has 1 unspecified atom stereocenters. The highest BCUT2D eigenvalue weighted by molar-refractivity contribution is 6.31. The van der Waals surface area contributed by atoms with Crippen molar-refractivity contribution >= 4 is 17.4 Å². The Hall–Kier alpha value is -0.840. The second kappa shape index (κ2) is 7.08. The van der Waals surface area contributed by atoms with Crippen LogP contribution in [0, 0.1) is 0 Å². The molecule has 1 N–H and O–H groups in total. The van der Waals surface area contributed by atoms with E-state index in [4.69, 9.17) is 16.3 Å². The molecule has 5 heteroatoms. The zero-order valence-electron chi connectivity index (χ0n) is 11.7. The SMILES string of the molecule is CCNc1ccc(Cl)c(CN2CCCOC(C)C2)n1. The minimum Gasteiger partial charge on any atom is -0.377 e. The first-order valence-corrected chi connectivity index (χ1v) is 7.30. The van der Waals surface area contributed by atoms with Crippen LogP contribution in [0.5, 0.6) is 0 Å². The number of rotatable bonds is 4. The second-order valence-corrected chi connectivity index (χ2v) is 5.33. The average molecular weight is 284 g/mol. The molecule has 1 aromatic heterocycles. The quantitative estimate of drug-likeness (QED) is 0.922. The molecule has 1 aliphatic rings. The molecular formula is C14H22ClN3O. The second-order valence-electron chi connectivity index (χ2n) is 4.93. The highest BCUT2D eigenvalue weighted by Gasteiger charge is 2.17. The van der Waals surface area contributed by atoms with Crippen LogP contribution in [0.2, 0.25) is 5.02 Å². The van der Waals surface area contributed by atoms with Crippen molar-refractivity contribution in [2.24, 2.45) is 0 Å². The molecule has 1 saturated heterocycles. The van der Waals surface area contributed by atoms with Gasteiger partial charge in [0.1, 0.15) is 5.82 Å². The van der Waals surface area contributed by atoms with Crippen LogP contribution in [0.1, 0.15) is 26.0 Å². The topological polar surface area (TPSA) is 37.4 Å². The van der Waals surface area contributed by atoms with Crippen LogP contribution in [0.15, 0.2) is 12.1 Å². The maximum Gasteiger partial charge on any atom is 0.126 e. The number of nitrogens with one attached hydrogen (secondary N) is 1. The van der Waals surface area contributed by atoms with Crippen molar-refractivity contribution in [3.05, 3.63) is 22.8 Å². The maximum absolute atomic E-state index is 6.24. The first-order chi connectivity index (χ1) is 9.19. The molecule has 0 radical (unpaired) electrons. The summed E-state index contributed by atoms with van der Waals surface area (Å²) in [5, 5.41) is 3.96. The van der Waals surface area contributed by atoms with Gasteiger partial charge in [0.25, 0.3) is 0 Å². The Morgan fingerprint density at radius 1 is 1.53 bits per heavy atom. The van der Waals surface area contributed by atoms with Gasteiger partial charge < -0.3 is 10.1 Å². The van der Waals surface area contributed by atoms with Crippen LogP contribution in [0.3, 0.4) is 0 Å². The van der Waals surface area contributed by atoms with Crippen molar-refractivity contribution < 1.29 is 4.74 Å². The number of hydrogen-bond acceptors (Lipinski definition) is 4. The Balaban J connectivity index is 2.06. The lowest BCUT2D eigenvalue weighted by atomic mass is 10.3. The van der Waals surface area contributed by atoms with Crippen molar-refractivity contribution in [1.82, 2.24) is 9.88 Å². The molecule has 0 aromatic carbocycles. The van der Waals surface area contributed by atoms with E-state index in [-0.39, 0.29) is 6.10 Å². The van der Waals surface area contributed by atoms with Crippen molar-refractivity contribution in [3.8, 4) is 0 Å². The Labute approximate surface area is 120 Å². The molecular weight excluding hydrogens is 262 g/mol. The number of halogens is 1. The lowest BCUT2D eigenvalue weighted by Crippen LogP contribution is -2.30. The van der Waals surface area contributed by atoms with E-state index in [9.17, 15) is 0 Å². The van der Waals surface area contributed by atoms with Crippen LogP contribution >= 0.6 is 11.6 Å². The first kappa shape index (κ1) is 14.6. The van der Waals surface area contributed by atoms with E-state index in [1.54, 1.807) is 0 Å². The van der Waals surface area contributed by atoms with Crippen LogP contribution in [0.4, 0.5) is 5.82 Å². The van der Waals surface area contributed by atoms with E-state index < -0.39 is 0 Å². The third-order valence-electron chi connectivity index (χ3n) is 3.19. The number of nitrogens with zero attached hydrogens (tertiary/aromatic N) is 2. The molecule has 1 aliphatic heterocycles. The Morgan fingerprint density at radius 2 is 2.37 bits per heavy atom. The average Bonchev–Trinajstić information content (AvgIpc) is 2.58. The normalized spacial score (nSPS) is 21.1. The highest BCUT2D eigenvalue weighted by atomic mass is 35.5. The molecule has 2 rings (SSSR count). The lowest BCUT2D eigenvalue weighted by molar-refractivity contribution is 0.0666. The standard InChI is InChI=1S/C14H22ClN3O/c1-3-16-14-6-5-12(15)13(17-14)10-18-7-4-8-19-11(2)9-18/h5-6,11H,3-4,7-10H2,1-2H3,(H,16,17). The van der Waals surface area contributed by atoms with Crippen LogP contribution in [0.25, 0.3) is 0 Å². The summed E-state index contributed by atoms with van der Waals surface area (Å²) in [5.74, 6) is 0.890. The molecule has 0 aliphatic carbocycles. The van der Waals surface area contributed by atoms with E-state index in [2.05, 4.69) is 29.0 Å². The Kier molecular flexibility index (Phi) is 5.43. The van der Waals surface area contributed by atoms with Gasteiger partial charge >= 0.3 is 0 Å². The minimum atomic E-state index is 0.276. The Bertz CT molecular complexity index is 414. The number of aromatic nitrogens is 1. The van der Waals surface area contributed by atoms with E-state index >= 15 is 0 Å². The van der Waals surface area contributed by atoms with Gasteiger partial charge in [-0.2, -0.15) is 0 Å². The van der Waals surface area contributed by atoms with Crippen LogP contribution in [-0.2, 0) is 11.3 Å².